The quantitative estimate of drug-likeness (QED) is 0.823. The van der Waals surface area contributed by atoms with E-state index in [1.807, 2.05) is 6.07 Å². The molecule has 1 aromatic heterocycles. The van der Waals surface area contributed by atoms with Crippen LogP contribution in [0, 0.1) is 5.92 Å². The van der Waals surface area contributed by atoms with Gasteiger partial charge in [0.15, 0.2) is 5.82 Å². The molecule has 0 spiro atoms. The summed E-state index contributed by atoms with van der Waals surface area (Å²) in [4.78, 5) is 13.4. The second-order valence-electron chi connectivity index (χ2n) is 5.89. The number of likely N-dealkylation sites (tertiary alicyclic amines) is 1. The molecule has 2 atom stereocenters. The number of ether oxygens (including phenoxy) is 1. The Kier molecular flexibility index (Phi) is 3.65. The van der Waals surface area contributed by atoms with Crippen molar-refractivity contribution in [3.63, 3.8) is 0 Å². The van der Waals surface area contributed by atoms with Gasteiger partial charge in [-0.3, -0.25) is 9.69 Å². The van der Waals surface area contributed by atoms with Gasteiger partial charge in [-0.2, -0.15) is 0 Å². The Labute approximate surface area is 118 Å². The maximum absolute atomic E-state index is 11.3. The summed E-state index contributed by atoms with van der Waals surface area (Å²) < 4.78 is 10.1. The monoisotopic (exact) mass is 279 g/mol. The van der Waals surface area contributed by atoms with E-state index in [9.17, 15) is 4.79 Å². The molecular formula is C14H21N3O3. The first-order valence-electron chi connectivity index (χ1n) is 7.18. The van der Waals surface area contributed by atoms with Crippen molar-refractivity contribution in [1.82, 2.24) is 10.1 Å². The first-order chi connectivity index (χ1) is 9.65. The number of hydrogen-bond donors (Lipinski definition) is 1. The Morgan fingerprint density at radius 3 is 3.05 bits per heavy atom. The second kappa shape index (κ2) is 5.44. The minimum absolute atomic E-state index is 0.185. The lowest BCUT2D eigenvalue weighted by Crippen LogP contribution is -2.31. The first-order valence-corrected chi connectivity index (χ1v) is 7.18. The van der Waals surface area contributed by atoms with Crippen LogP contribution < -0.4 is 5.32 Å². The molecule has 2 heterocycles. The number of rotatable bonds is 5. The van der Waals surface area contributed by atoms with E-state index in [-0.39, 0.29) is 12.0 Å². The largest absolute Gasteiger partial charge is 0.468 e. The number of carbonyl (C=O) groups is 1. The number of esters is 1. The third-order valence-corrected chi connectivity index (χ3v) is 4.11. The van der Waals surface area contributed by atoms with E-state index in [0.717, 1.165) is 24.7 Å². The van der Waals surface area contributed by atoms with Crippen LogP contribution >= 0.6 is 0 Å². The average Bonchev–Trinajstić information content (AvgIpc) is 3.09. The molecule has 0 amide bonds. The highest BCUT2D eigenvalue weighted by atomic mass is 16.5. The van der Waals surface area contributed by atoms with Crippen LogP contribution in [0.1, 0.15) is 31.4 Å². The maximum Gasteiger partial charge on any atom is 0.319 e. The Morgan fingerprint density at radius 1 is 1.55 bits per heavy atom. The molecule has 20 heavy (non-hydrogen) atoms. The molecule has 6 nitrogen and oxygen atoms in total. The van der Waals surface area contributed by atoms with Gasteiger partial charge in [0.1, 0.15) is 5.76 Å². The Morgan fingerprint density at radius 2 is 2.35 bits per heavy atom. The molecule has 0 radical (unpaired) electrons. The van der Waals surface area contributed by atoms with Gasteiger partial charge in [-0.15, -0.1) is 0 Å². The van der Waals surface area contributed by atoms with Crippen LogP contribution in [0.5, 0.6) is 0 Å². The molecule has 1 saturated carbocycles. The Bertz CT molecular complexity index is 484. The van der Waals surface area contributed by atoms with Gasteiger partial charge in [0.2, 0.25) is 0 Å². The number of nitrogens with zero attached hydrogens (tertiary/aromatic N) is 2. The van der Waals surface area contributed by atoms with E-state index in [0.29, 0.717) is 18.4 Å². The van der Waals surface area contributed by atoms with Crippen LogP contribution in [0.2, 0.25) is 0 Å². The van der Waals surface area contributed by atoms with E-state index in [2.05, 4.69) is 22.3 Å². The lowest BCUT2D eigenvalue weighted by atomic mass is 10.1. The Balaban J connectivity index is 1.55. The normalized spacial score (nSPS) is 26.7. The molecule has 2 aliphatic rings. The highest BCUT2D eigenvalue weighted by molar-refractivity contribution is 5.71. The number of anilines is 1. The minimum Gasteiger partial charge on any atom is -0.468 e. The summed E-state index contributed by atoms with van der Waals surface area (Å²) in [7, 11) is 1.42. The van der Waals surface area contributed by atoms with Gasteiger partial charge in [-0.25, -0.2) is 0 Å². The highest BCUT2D eigenvalue weighted by Gasteiger charge is 2.32. The molecule has 0 bridgehead atoms. The second-order valence-corrected chi connectivity index (χ2v) is 5.89. The van der Waals surface area contributed by atoms with Crippen molar-refractivity contribution in [2.75, 3.05) is 32.1 Å². The van der Waals surface area contributed by atoms with E-state index in [1.165, 1.54) is 20.0 Å². The van der Waals surface area contributed by atoms with Crippen LogP contribution in [0.3, 0.4) is 0 Å². The minimum atomic E-state index is -0.185. The molecule has 1 aromatic rings. The van der Waals surface area contributed by atoms with Gasteiger partial charge in [-0.1, -0.05) is 12.1 Å². The van der Waals surface area contributed by atoms with Crippen molar-refractivity contribution in [2.24, 2.45) is 5.92 Å². The number of carbonyl (C=O) groups excluding carboxylic acids is 1. The molecule has 1 aliphatic heterocycles. The zero-order valence-corrected chi connectivity index (χ0v) is 12.0. The van der Waals surface area contributed by atoms with Crippen molar-refractivity contribution >= 4 is 11.8 Å². The van der Waals surface area contributed by atoms with Crippen molar-refractivity contribution in [3.05, 3.63) is 11.8 Å². The van der Waals surface area contributed by atoms with Crippen molar-refractivity contribution < 1.29 is 14.1 Å². The van der Waals surface area contributed by atoms with Crippen molar-refractivity contribution in [1.29, 1.82) is 0 Å². The molecule has 110 valence electrons. The van der Waals surface area contributed by atoms with Gasteiger partial charge in [0, 0.05) is 31.1 Å². The fourth-order valence-corrected chi connectivity index (χ4v) is 2.74. The summed E-state index contributed by atoms with van der Waals surface area (Å²) in [5.41, 5.74) is 0. The summed E-state index contributed by atoms with van der Waals surface area (Å²) in [5, 5.41) is 7.50. The van der Waals surface area contributed by atoms with Crippen LogP contribution in [0.15, 0.2) is 10.6 Å². The fourth-order valence-electron chi connectivity index (χ4n) is 2.74. The zero-order valence-electron chi connectivity index (χ0n) is 12.0. The molecule has 0 aromatic carbocycles. The third-order valence-electron chi connectivity index (χ3n) is 4.11. The highest BCUT2D eigenvalue weighted by Crippen LogP contribution is 2.40. The van der Waals surface area contributed by atoms with Gasteiger partial charge >= 0.3 is 5.97 Å². The molecular weight excluding hydrogens is 258 g/mol. The summed E-state index contributed by atoms with van der Waals surface area (Å²) in [6.07, 6.45) is 2.42. The van der Waals surface area contributed by atoms with Gasteiger partial charge in [0.25, 0.3) is 0 Å². The van der Waals surface area contributed by atoms with Crippen LogP contribution in [-0.2, 0) is 9.53 Å². The zero-order chi connectivity index (χ0) is 14.1. The standard InChI is InChI=1S/C14H21N3O3/c1-9-6-17(8-14(18)19-2)7-11(9)15-13-5-12(20-16-13)10-3-4-10/h5,9-11H,3-4,6-8H2,1-2H3,(H,15,16). The van der Waals surface area contributed by atoms with E-state index < -0.39 is 0 Å². The van der Waals surface area contributed by atoms with E-state index in [1.54, 1.807) is 0 Å². The van der Waals surface area contributed by atoms with Crippen molar-refractivity contribution in [2.45, 2.75) is 31.7 Å². The third kappa shape index (κ3) is 2.95. The lowest BCUT2D eigenvalue weighted by Gasteiger charge is -2.15. The van der Waals surface area contributed by atoms with Crippen molar-refractivity contribution in [3.8, 4) is 0 Å². The van der Waals surface area contributed by atoms with Crippen LogP contribution in [0.4, 0.5) is 5.82 Å². The van der Waals surface area contributed by atoms with Gasteiger partial charge < -0.3 is 14.6 Å². The predicted molar refractivity (Wildman–Crippen MR) is 73.5 cm³/mol. The summed E-state index contributed by atoms with van der Waals surface area (Å²) in [6.45, 7) is 4.24. The number of methoxy groups -OCH3 is 1. The Hall–Kier alpha value is -1.56. The molecule has 3 rings (SSSR count). The topological polar surface area (TPSA) is 67.6 Å². The number of hydrogen-bond acceptors (Lipinski definition) is 6. The summed E-state index contributed by atoms with van der Waals surface area (Å²) in [6, 6.07) is 2.30. The van der Waals surface area contributed by atoms with Gasteiger partial charge in [0.05, 0.1) is 13.7 Å². The smallest absolute Gasteiger partial charge is 0.319 e. The van der Waals surface area contributed by atoms with Crippen LogP contribution in [0.25, 0.3) is 0 Å². The molecule has 1 saturated heterocycles. The SMILES string of the molecule is COC(=O)CN1CC(C)C(Nc2cc(C3CC3)on2)C1. The fraction of sp³-hybridized carbons (Fsp3) is 0.714. The molecule has 6 heteroatoms. The van der Waals surface area contributed by atoms with E-state index in [4.69, 9.17) is 9.26 Å². The molecule has 2 fully saturated rings. The van der Waals surface area contributed by atoms with E-state index >= 15 is 0 Å². The predicted octanol–water partition coefficient (Wildman–Crippen LogP) is 1.46. The summed E-state index contributed by atoms with van der Waals surface area (Å²) >= 11 is 0. The molecule has 2 unspecified atom stereocenters. The van der Waals surface area contributed by atoms with Crippen LogP contribution in [-0.4, -0.2) is 48.8 Å². The first kappa shape index (κ1) is 13.4. The lowest BCUT2D eigenvalue weighted by molar-refractivity contribution is -0.141. The maximum atomic E-state index is 11.3. The molecule has 1 N–H and O–H groups in total. The molecule has 1 aliphatic carbocycles. The number of aromatic nitrogens is 1. The summed E-state index contributed by atoms with van der Waals surface area (Å²) in [5.74, 6) is 2.65. The average molecular weight is 279 g/mol. The number of nitrogens with one attached hydrogen (secondary N) is 1. The van der Waals surface area contributed by atoms with Gasteiger partial charge in [-0.05, 0) is 18.8 Å².